The minimum atomic E-state index is -0.238. The lowest BCUT2D eigenvalue weighted by atomic mass is 9.76. The van der Waals surface area contributed by atoms with E-state index < -0.39 is 0 Å². The summed E-state index contributed by atoms with van der Waals surface area (Å²) in [7, 11) is 0. The number of hydrogen-bond acceptors (Lipinski definition) is 4. The molecule has 1 amide bonds. The van der Waals surface area contributed by atoms with Crippen molar-refractivity contribution >= 4 is 5.91 Å². The highest BCUT2D eigenvalue weighted by Crippen LogP contribution is 2.34. The van der Waals surface area contributed by atoms with Crippen LogP contribution in [0, 0.1) is 11.3 Å². The van der Waals surface area contributed by atoms with Crippen molar-refractivity contribution in [2.45, 2.75) is 20.3 Å². The van der Waals surface area contributed by atoms with Crippen molar-refractivity contribution in [3.63, 3.8) is 0 Å². The molecule has 5 nitrogen and oxygen atoms in total. The molecule has 0 aromatic carbocycles. The number of hydrazine groups is 1. The maximum Gasteiger partial charge on any atom is 0.242 e. The number of hydrogen-bond donors (Lipinski definition) is 2. The van der Waals surface area contributed by atoms with Gasteiger partial charge >= 0.3 is 0 Å². The Bertz CT molecular complexity index is 269. The SMILES string of the molecule is CC(C)C1(C(=O)NN2CCOCC2)CCNC1. The van der Waals surface area contributed by atoms with Crippen LogP contribution in [-0.4, -0.2) is 50.3 Å². The van der Waals surface area contributed by atoms with Gasteiger partial charge in [-0.15, -0.1) is 0 Å². The molecule has 2 saturated heterocycles. The quantitative estimate of drug-likeness (QED) is 0.729. The molecule has 98 valence electrons. The first kappa shape index (κ1) is 12.8. The summed E-state index contributed by atoms with van der Waals surface area (Å²) in [5, 5.41) is 5.29. The predicted octanol–water partition coefficient (Wildman–Crippen LogP) is -0.0145. The summed E-state index contributed by atoms with van der Waals surface area (Å²) in [6, 6.07) is 0. The van der Waals surface area contributed by atoms with E-state index in [0.717, 1.165) is 32.6 Å². The van der Waals surface area contributed by atoms with Crippen LogP contribution in [0.3, 0.4) is 0 Å². The fourth-order valence-electron chi connectivity index (χ4n) is 2.59. The fraction of sp³-hybridized carbons (Fsp3) is 0.917. The minimum Gasteiger partial charge on any atom is -0.379 e. The zero-order chi connectivity index (χ0) is 12.3. The number of ether oxygens (including phenoxy) is 1. The third kappa shape index (κ3) is 2.61. The van der Waals surface area contributed by atoms with Crippen molar-refractivity contribution in [1.29, 1.82) is 0 Å². The first-order chi connectivity index (χ1) is 8.15. The summed E-state index contributed by atoms with van der Waals surface area (Å²) in [4.78, 5) is 12.4. The average molecular weight is 241 g/mol. The van der Waals surface area contributed by atoms with E-state index in [9.17, 15) is 4.79 Å². The highest BCUT2D eigenvalue weighted by Gasteiger charge is 2.44. The number of rotatable bonds is 3. The Morgan fingerprint density at radius 3 is 2.65 bits per heavy atom. The van der Waals surface area contributed by atoms with Gasteiger partial charge in [0, 0.05) is 19.6 Å². The van der Waals surface area contributed by atoms with Gasteiger partial charge in [-0.2, -0.15) is 0 Å². The molecule has 1 atom stereocenters. The molecule has 2 aliphatic heterocycles. The largest absolute Gasteiger partial charge is 0.379 e. The molecule has 2 rings (SSSR count). The zero-order valence-corrected chi connectivity index (χ0v) is 10.8. The highest BCUT2D eigenvalue weighted by molar-refractivity contribution is 5.83. The lowest BCUT2D eigenvalue weighted by Gasteiger charge is -2.35. The first-order valence-electron chi connectivity index (χ1n) is 6.50. The molecule has 2 heterocycles. The predicted molar refractivity (Wildman–Crippen MR) is 65.3 cm³/mol. The molecule has 17 heavy (non-hydrogen) atoms. The van der Waals surface area contributed by atoms with Crippen LogP contribution in [0.5, 0.6) is 0 Å². The summed E-state index contributed by atoms with van der Waals surface area (Å²) in [5.41, 5.74) is 2.82. The van der Waals surface area contributed by atoms with Crippen LogP contribution < -0.4 is 10.7 Å². The smallest absolute Gasteiger partial charge is 0.242 e. The van der Waals surface area contributed by atoms with E-state index >= 15 is 0 Å². The Labute approximate surface area is 103 Å². The van der Waals surface area contributed by atoms with Gasteiger partial charge in [0.05, 0.1) is 18.6 Å². The molecule has 2 aliphatic rings. The van der Waals surface area contributed by atoms with Crippen molar-refractivity contribution < 1.29 is 9.53 Å². The zero-order valence-electron chi connectivity index (χ0n) is 10.8. The minimum absolute atomic E-state index is 0.166. The van der Waals surface area contributed by atoms with Crippen LogP contribution >= 0.6 is 0 Å². The molecule has 2 N–H and O–H groups in total. The number of carbonyl (C=O) groups is 1. The second-order valence-electron chi connectivity index (χ2n) is 5.28. The average Bonchev–Trinajstić information content (AvgIpc) is 2.80. The number of morpholine rings is 1. The summed E-state index contributed by atoms with van der Waals surface area (Å²) in [6.45, 7) is 8.97. The number of nitrogens with one attached hydrogen (secondary N) is 2. The van der Waals surface area contributed by atoms with Crippen LogP contribution in [0.2, 0.25) is 0 Å². The molecule has 5 heteroatoms. The Morgan fingerprint density at radius 2 is 2.12 bits per heavy atom. The molecule has 0 aromatic heterocycles. The van der Waals surface area contributed by atoms with E-state index in [1.54, 1.807) is 0 Å². The van der Waals surface area contributed by atoms with Gasteiger partial charge in [-0.1, -0.05) is 13.8 Å². The number of amides is 1. The van der Waals surface area contributed by atoms with Gasteiger partial charge in [0.1, 0.15) is 0 Å². The molecular weight excluding hydrogens is 218 g/mol. The molecular formula is C12H23N3O2. The lowest BCUT2D eigenvalue weighted by molar-refractivity contribution is -0.139. The van der Waals surface area contributed by atoms with E-state index in [1.165, 1.54) is 0 Å². The summed E-state index contributed by atoms with van der Waals surface area (Å²) >= 11 is 0. The molecule has 1 unspecified atom stereocenters. The van der Waals surface area contributed by atoms with Gasteiger partial charge in [0.2, 0.25) is 5.91 Å². The summed E-state index contributed by atoms with van der Waals surface area (Å²) in [5.74, 6) is 0.526. The second kappa shape index (κ2) is 5.33. The van der Waals surface area contributed by atoms with E-state index in [0.29, 0.717) is 19.1 Å². The van der Waals surface area contributed by atoms with Crippen molar-refractivity contribution in [2.24, 2.45) is 11.3 Å². The van der Waals surface area contributed by atoms with Crippen molar-refractivity contribution in [1.82, 2.24) is 15.8 Å². The highest BCUT2D eigenvalue weighted by atomic mass is 16.5. The van der Waals surface area contributed by atoms with E-state index in [1.807, 2.05) is 5.01 Å². The van der Waals surface area contributed by atoms with E-state index in [4.69, 9.17) is 4.74 Å². The molecule has 0 radical (unpaired) electrons. The van der Waals surface area contributed by atoms with Gasteiger partial charge in [-0.05, 0) is 18.9 Å². The third-order valence-corrected chi connectivity index (χ3v) is 4.02. The van der Waals surface area contributed by atoms with Gasteiger partial charge in [-0.25, -0.2) is 5.01 Å². The Kier molecular flexibility index (Phi) is 4.01. The summed E-state index contributed by atoms with van der Waals surface area (Å²) < 4.78 is 5.27. The number of carbonyl (C=O) groups excluding carboxylic acids is 1. The Morgan fingerprint density at radius 1 is 1.41 bits per heavy atom. The molecule has 2 fully saturated rings. The normalized spacial score (nSPS) is 30.8. The van der Waals surface area contributed by atoms with E-state index in [2.05, 4.69) is 24.6 Å². The summed E-state index contributed by atoms with van der Waals surface area (Å²) in [6.07, 6.45) is 0.931. The van der Waals surface area contributed by atoms with Crippen LogP contribution in [0.1, 0.15) is 20.3 Å². The standard InChI is InChI=1S/C12H23N3O2/c1-10(2)12(3-4-13-9-12)11(16)14-15-5-7-17-8-6-15/h10,13H,3-9H2,1-2H3,(H,14,16). The maximum atomic E-state index is 12.4. The van der Waals surface area contributed by atoms with Crippen LogP contribution in [0.25, 0.3) is 0 Å². The molecule has 0 aromatic rings. The topological polar surface area (TPSA) is 53.6 Å². The van der Waals surface area contributed by atoms with Gasteiger partial charge in [0.25, 0.3) is 0 Å². The van der Waals surface area contributed by atoms with Crippen molar-refractivity contribution in [3.05, 3.63) is 0 Å². The first-order valence-corrected chi connectivity index (χ1v) is 6.50. The van der Waals surface area contributed by atoms with Crippen molar-refractivity contribution in [2.75, 3.05) is 39.4 Å². The lowest BCUT2D eigenvalue weighted by Crippen LogP contribution is -2.55. The Balaban J connectivity index is 1.96. The molecule has 0 bridgehead atoms. The van der Waals surface area contributed by atoms with Crippen molar-refractivity contribution in [3.8, 4) is 0 Å². The van der Waals surface area contributed by atoms with E-state index in [-0.39, 0.29) is 11.3 Å². The van der Waals surface area contributed by atoms with Gasteiger partial charge in [-0.3, -0.25) is 10.2 Å². The van der Waals surface area contributed by atoms with Crippen LogP contribution in [0.4, 0.5) is 0 Å². The maximum absolute atomic E-state index is 12.4. The van der Waals surface area contributed by atoms with Gasteiger partial charge < -0.3 is 10.1 Å². The third-order valence-electron chi connectivity index (χ3n) is 4.02. The molecule has 0 saturated carbocycles. The Hall–Kier alpha value is -0.650. The fourth-order valence-corrected chi connectivity index (χ4v) is 2.59. The van der Waals surface area contributed by atoms with Crippen LogP contribution in [-0.2, 0) is 9.53 Å². The molecule has 0 aliphatic carbocycles. The van der Waals surface area contributed by atoms with Crippen LogP contribution in [0.15, 0.2) is 0 Å². The van der Waals surface area contributed by atoms with Gasteiger partial charge in [0.15, 0.2) is 0 Å². The number of nitrogens with zero attached hydrogens (tertiary/aromatic N) is 1. The second-order valence-corrected chi connectivity index (χ2v) is 5.28. The monoisotopic (exact) mass is 241 g/mol. The molecule has 0 spiro atoms.